The average molecular weight is 384 g/mol. The van der Waals surface area contributed by atoms with Crippen LogP contribution in [0.4, 0.5) is 4.39 Å². The van der Waals surface area contributed by atoms with Gasteiger partial charge in [-0.05, 0) is 36.8 Å². The van der Waals surface area contributed by atoms with E-state index in [4.69, 9.17) is 9.26 Å². The normalized spacial score (nSPS) is 10.7. The highest BCUT2D eigenvalue weighted by atomic mass is 19.1. The molecule has 0 radical (unpaired) electrons. The van der Waals surface area contributed by atoms with E-state index in [-0.39, 0.29) is 18.1 Å². The third-order valence-electron chi connectivity index (χ3n) is 4.28. The van der Waals surface area contributed by atoms with Crippen molar-refractivity contribution in [3.05, 3.63) is 60.0 Å². The van der Waals surface area contributed by atoms with Crippen molar-refractivity contribution in [3.8, 4) is 17.1 Å². The van der Waals surface area contributed by atoms with Crippen LogP contribution in [0.3, 0.4) is 0 Å². The predicted octanol–water partition coefficient (Wildman–Crippen LogP) is 3.26. The van der Waals surface area contributed by atoms with Gasteiger partial charge in [0.05, 0.1) is 7.11 Å². The zero-order chi connectivity index (χ0) is 19.9. The number of ether oxygens (including phenoxy) is 1. The predicted molar refractivity (Wildman–Crippen MR) is 99.9 cm³/mol. The van der Waals surface area contributed by atoms with Crippen LogP contribution in [0.5, 0.6) is 5.75 Å². The molecule has 7 nitrogen and oxygen atoms in total. The third kappa shape index (κ3) is 4.70. The topological polar surface area (TPSA) is 81.4 Å². The molecule has 2 aromatic heterocycles. The summed E-state index contributed by atoms with van der Waals surface area (Å²) in [4.78, 5) is 22.5. The Hall–Kier alpha value is -3.29. The zero-order valence-electron chi connectivity index (χ0n) is 15.8. The Morgan fingerprint density at radius 2 is 2.04 bits per heavy atom. The molecule has 0 fully saturated rings. The first kappa shape index (κ1) is 19.5. The number of hydrogen-bond acceptors (Lipinski definition) is 6. The lowest BCUT2D eigenvalue weighted by Crippen LogP contribution is -2.30. The Labute approximate surface area is 162 Å². The van der Waals surface area contributed by atoms with Crippen LogP contribution < -0.4 is 4.74 Å². The molecule has 28 heavy (non-hydrogen) atoms. The minimum absolute atomic E-state index is 0.0672. The molecule has 0 saturated heterocycles. The van der Waals surface area contributed by atoms with Gasteiger partial charge >= 0.3 is 0 Å². The fourth-order valence-corrected chi connectivity index (χ4v) is 2.75. The molecule has 3 aromatic rings. The van der Waals surface area contributed by atoms with Gasteiger partial charge in [-0.25, -0.2) is 4.39 Å². The van der Waals surface area contributed by atoms with Crippen LogP contribution in [-0.2, 0) is 17.8 Å². The molecule has 0 atom stereocenters. The number of carbonyl (C=O) groups is 1. The molecule has 8 heteroatoms. The number of rotatable bonds is 8. The number of benzene rings is 1. The van der Waals surface area contributed by atoms with Gasteiger partial charge in [0.15, 0.2) is 11.6 Å². The summed E-state index contributed by atoms with van der Waals surface area (Å²) in [6.45, 7) is 2.72. The van der Waals surface area contributed by atoms with Gasteiger partial charge in [0, 0.05) is 43.9 Å². The molecule has 0 aliphatic carbocycles. The van der Waals surface area contributed by atoms with Gasteiger partial charge in [0.1, 0.15) is 0 Å². The summed E-state index contributed by atoms with van der Waals surface area (Å²) >= 11 is 0. The van der Waals surface area contributed by atoms with E-state index >= 15 is 0 Å². The first-order chi connectivity index (χ1) is 13.6. The van der Waals surface area contributed by atoms with E-state index < -0.39 is 5.82 Å². The van der Waals surface area contributed by atoms with Crippen molar-refractivity contribution in [2.45, 2.75) is 26.3 Å². The molecular formula is C20H21FN4O3. The summed E-state index contributed by atoms with van der Waals surface area (Å²) in [7, 11) is 1.41. The number of pyridine rings is 1. The molecule has 2 heterocycles. The number of aromatic nitrogens is 3. The summed E-state index contributed by atoms with van der Waals surface area (Å²) in [5.41, 5.74) is 1.50. The van der Waals surface area contributed by atoms with Crippen LogP contribution in [0.2, 0.25) is 0 Å². The lowest BCUT2D eigenvalue weighted by atomic mass is 10.1. The monoisotopic (exact) mass is 384 g/mol. The lowest BCUT2D eigenvalue weighted by Gasteiger charge is -2.21. The van der Waals surface area contributed by atoms with Crippen molar-refractivity contribution < 1.29 is 18.4 Å². The first-order valence-corrected chi connectivity index (χ1v) is 8.94. The SMILES string of the molecule is CCN(Cc1ccc(OC)c(F)c1)C(=O)CCc1nc(-c2ccncc2)no1. The molecule has 0 saturated carbocycles. The number of methoxy groups -OCH3 is 1. The second-order valence-electron chi connectivity index (χ2n) is 6.12. The van der Waals surface area contributed by atoms with Crippen LogP contribution in [0.1, 0.15) is 24.8 Å². The second kappa shape index (κ2) is 9.07. The van der Waals surface area contributed by atoms with Gasteiger partial charge in [-0.3, -0.25) is 9.78 Å². The van der Waals surface area contributed by atoms with E-state index in [1.54, 1.807) is 41.6 Å². The standard InChI is InChI=1S/C20H21FN4O3/c1-3-25(13-14-4-5-17(27-2)16(21)12-14)19(26)7-6-18-23-20(24-28-18)15-8-10-22-11-9-15/h4-5,8-12H,3,6-7,13H2,1-2H3. The summed E-state index contributed by atoms with van der Waals surface area (Å²) in [6.07, 6.45) is 3.86. The molecular weight excluding hydrogens is 363 g/mol. The number of carbonyl (C=O) groups excluding carboxylic acids is 1. The second-order valence-corrected chi connectivity index (χ2v) is 6.12. The number of halogens is 1. The fourth-order valence-electron chi connectivity index (χ4n) is 2.75. The van der Waals surface area contributed by atoms with E-state index in [1.807, 2.05) is 6.92 Å². The van der Waals surface area contributed by atoms with Crippen molar-refractivity contribution >= 4 is 5.91 Å². The molecule has 1 aromatic carbocycles. The highest BCUT2D eigenvalue weighted by Crippen LogP contribution is 2.19. The minimum Gasteiger partial charge on any atom is -0.494 e. The maximum absolute atomic E-state index is 13.9. The summed E-state index contributed by atoms with van der Waals surface area (Å²) in [5.74, 6) is 0.525. The maximum Gasteiger partial charge on any atom is 0.227 e. The molecule has 3 rings (SSSR count). The lowest BCUT2D eigenvalue weighted by molar-refractivity contribution is -0.131. The highest BCUT2D eigenvalue weighted by Gasteiger charge is 2.16. The molecule has 0 aliphatic rings. The van der Waals surface area contributed by atoms with Crippen molar-refractivity contribution in [2.75, 3.05) is 13.7 Å². The Morgan fingerprint density at radius 1 is 1.25 bits per heavy atom. The van der Waals surface area contributed by atoms with E-state index in [0.29, 0.717) is 36.8 Å². The number of nitrogens with zero attached hydrogens (tertiary/aromatic N) is 4. The molecule has 1 amide bonds. The molecule has 146 valence electrons. The molecule has 0 bridgehead atoms. The quantitative estimate of drug-likeness (QED) is 0.593. The number of hydrogen-bond donors (Lipinski definition) is 0. The minimum atomic E-state index is -0.446. The fraction of sp³-hybridized carbons (Fsp3) is 0.300. The third-order valence-corrected chi connectivity index (χ3v) is 4.28. The highest BCUT2D eigenvalue weighted by molar-refractivity contribution is 5.76. The van der Waals surface area contributed by atoms with Crippen molar-refractivity contribution in [1.29, 1.82) is 0 Å². The van der Waals surface area contributed by atoms with Crippen LogP contribution >= 0.6 is 0 Å². The van der Waals surface area contributed by atoms with Gasteiger partial charge in [-0.15, -0.1) is 0 Å². The Bertz CT molecular complexity index is 930. The largest absolute Gasteiger partial charge is 0.494 e. The summed E-state index contributed by atoms with van der Waals surface area (Å²) in [5, 5.41) is 3.93. The van der Waals surface area contributed by atoms with E-state index in [1.165, 1.54) is 13.2 Å². The van der Waals surface area contributed by atoms with Crippen molar-refractivity contribution in [1.82, 2.24) is 20.0 Å². The van der Waals surface area contributed by atoms with Crippen LogP contribution in [0.25, 0.3) is 11.4 Å². The van der Waals surface area contributed by atoms with Gasteiger partial charge in [0.25, 0.3) is 0 Å². The van der Waals surface area contributed by atoms with Crippen LogP contribution in [0, 0.1) is 5.82 Å². The number of aryl methyl sites for hydroxylation is 1. The molecule has 0 N–H and O–H groups in total. The Balaban J connectivity index is 1.58. The van der Waals surface area contributed by atoms with Gasteiger partial charge in [-0.1, -0.05) is 11.2 Å². The van der Waals surface area contributed by atoms with Gasteiger partial charge in [0.2, 0.25) is 17.6 Å². The zero-order valence-corrected chi connectivity index (χ0v) is 15.8. The van der Waals surface area contributed by atoms with Crippen LogP contribution in [0.15, 0.2) is 47.2 Å². The van der Waals surface area contributed by atoms with Crippen molar-refractivity contribution in [2.24, 2.45) is 0 Å². The Kier molecular flexibility index (Phi) is 6.31. The molecule has 0 unspecified atom stereocenters. The van der Waals surface area contributed by atoms with Crippen LogP contribution in [-0.4, -0.2) is 39.6 Å². The maximum atomic E-state index is 13.9. The molecule has 0 spiro atoms. The Morgan fingerprint density at radius 3 is 2.71 bits per heavy atom. The smallest absolute Gasteiger partial charge is 0.227 e. The average Bonchev–Trinajstić information content (AvgIpc) is 3.20. The first-order valence-electron chi connectivity index (χ1n) is 8.94. The molecule has 0 aliphatic heterocycles. The van der Waals surface area contributed by atoms with E-state index in [2.05, 4.69) is 15.1 Å². The van der Waals surface area contributed by atoms with Crippen molar-refractivity contribution in [3.63, 3.8) is 0 Å². The van der Waals surface area contributed by atoms with Gasteiger partial charge < -0.3 is 14.2 Å². The van der Waals surface area contributed by atoms with Gasteiger partial charge in [-0.2, -0.15) is 4.98 Å². The number of amides is 1. The summed E-state index contributed by atoms with van der Waals surface area (Å²) < 4.78 is 24.0. The van der Waals surface area contributed by atoms with E-state index in [0.717, 1.165) is 5.56 Å². The summed E-state index contributed by atoms with van der Waals surface area (Å²) in [6, 6.07) is 8.26. The van der Waals surface area contributed by atoms with E-state index in [9.17, 15) is 9.18 Å².